The molecule has 0 atom stereocenters. The molecule has 2 amide bonds. The maximum atomic E-state index is 12.3. The minimum atomic E-state index is -0.929. The number of hydrogen-bond acceptors (Lipinski definition) is 2. The van der Waals surface area contributed by atoms with Gasteiger partial charge in [0.25, 0.3) is 0 Å². The summed E-state index contributed by atoms with van der Waals surface area (Å²) in [5.74, 6) is -0.929. The molecule has 1 aliphatic heterocycles. The molecule has 5 nitrogen and oxygen atoms in total. The number of amides is 2. The summed E-state index contributed by atoms with van der Waals surface area (Å²) in [6.07, 6.45) is 4.01. The minimum absolute atomic E-state index is 0.0384. The van der Waals surface area contributed by atoms with Crippen LogP contribution in [0.2, 0.25) is 0 Å². The van der Waals surface area contributed by atoms with Crippen LogP contribution in [0.4, 0.5) is 4.79 Å². The largest absolute Gasteiger partial charge is 0.478 e. The number of carboxylic acid groups (broad SMARTS) is 1. The molecule has 0 saturated heterocycles. The van der Waals surface area contributed by atoms with Gasteiger partial charge >= 0.3 is 12.0 Å². The predicted octanol–water partition coefficient (Wildman–Crippen LogP) is 2.40. The number of aromatic carboxylic acids is 1. The summed E-state index contributed by atoms with van der Waals surface area (Å²) >= 11 is 0. The average molecular weight is 288 g/mol. The molecule has 5 heteroatoms. The standard InChI is InChI=1S/C16H20N2O3/c1-16(6-2-7-16)17-15(21)18-8-5-11-3-4-12(14(19)20)9-13(11)10-18/h3-4,9H,2,5-8,10H2,1H3,(H,17,21)(H,19,20). The number of fused-ring (bicyclic) bond motifs is 1. The van der Waals surface area contributed by atoms with Crippen LogP contribution in [0.1, 0.15) is 47.7 Å². The van der Waals surface area contributed by atoms with Crippen LogP contribution in [0.15, 0.2) is 18.2 Å². The lowest BCUT2D eigenvalue weighted by Gasteiger charge is -2.41. The number of nitrogens with one attached hydrogen (secondary N) is 1. The Balaban J connectivity index is 1.72. The van der Waals surface area contributed by atoms with E-state index in [1.165, 1.54) is 6.42 Å². The van der Waals surface area contributed by atoms with E-state index in [2.05, 4.69) is 12.2 Å². The van der Waals surface area contributed by atoms with E-state index >= 15 is 0 Å². The highest BCUT2D eigenvalue weighted by atomic mass is 16.4. The maximum absolute atomic E-state index is 12.3. The molecule has 2 aliphatic rings. The van der Waals surface area contributed by atoms with Crippen molar-refractivity contribution in [3.8, 4) is 0 Å². The highest BCUT2D eigenvalue weighted by molar-refractivity contribution is 5.88. The van der Waals surface area contributed by atoms with Gasteiger partial charge in [-0.3, -0.25) is 0 Å². The normalized spacial score (nSPS) is 19.4. The van der Waals surface area contributed by atoms with Gasteiger partial charge in [-0.25, -0.2) is 9.59 Å². The lowest BCUT2D eigenvalue weighted by atomic mass is 9.79. The van der Waals surface area contributed by atoms with Crippen molar-refractivity contribution in [1.29, 1.82) is 0 Å². The van der Waals surface area contributed by atoms with Crippen molar-refractivity contribution in [1.82, 2.24) is 10.2 Å². The number of rotatable bonds is 2. The van der Waals surface area contributed by atoms with Gasteiger partial charge in [0.05, 0.1) is 5.56 Å². The number of nitrogens with zero attached hydrogens (tertiary/aromatic N) is 1. The van der Waals surface area contributed by atoms with Gasteiger partial charge in [-0.2, -0.15) is 0 Å². The fourth-order valence-corrected chi connectivity index (χ4v) is 3.03. The predicted molar refractivity (Wildman–Crippen MR) is 78.3 cm³/mol. The van der Waals surface area contributed by atoms with Crippen LogP contribution >= 0.6 is 0 Å². The van der Waals surface area contributed by atoms with Crippen molar-refractivity contribution >= 4 is 12.0 Å². The van der Waals surface area contributed by atoms with Gasteiger partial charge < -0.3 is 15.3 Å². The Labute approximate surface area is 123 Å². The van der Waals surface area contributed by atoms with Crippen LogP contribution in [0.3, 0.4) is 0 Å². The summed E-state index contributed by atoms with van der Waals surface area (Å²) in [6, 6.07) is 5.14. The first-order valence-electron chi connectivity index (χ1n) is 7.39. The molecule has 0 radical (unpaired) electrons. The lowest BCUT2D eigenvalue weighted by molar-refractivity contribution is 0.0696. The monoisotopic (exact) mass is 288 g/mol. The van der Waals surface area contributed by atoms with Crippen molar-refractivity contribution < 1.29 is 14.7 Å². The zero-order valence-corrected chi connectivity index (χ0v) is 12.2. The Morgan fingerprint density at radius 3 is 2.67 bits per heavy atom. The van der Waals surface area contributed by atoms with E-state index in [0.29, 0.717) is 13.1 Å². The smallest absolute Gasteiger partial charge is 0.335 e. The molecule has 2 N–H and O–H groups in total. The third kappa shape index (κ3) is 2.73. The fraction of sp³-hybridized carbons (Fsp3) is 0.500. The summed E-state index contributed by atoms with van der Waals surface area (Å²) in [5, 5.41) is 12.2. The van der Waals surface area contributed by atoms with Gasteiger partial charge in [0.15, 0.2) is 0 Å². The maximum Gasteiger partial charge on any atom is 0.335 e. The second-order valence-electron chi connectivity index (χ2n) is 6.30. The van der Waals surface area contributed by atoms with Crippen molar-refractivity contribution in [2.75, 3.05) is 6.54 Å². The minimum Gasteiger partial charge on any atom is -0.478 e. The highest BCUT2D eigenvalue weighted by Crippen LogP contribution is 2.31. The molecule has 21 heavy (non-hydrogen) atoms. The second kappa shape index (κ2) is 5.06. The van der Waals surface area contributed by atoms with Gasteiger partial charge in [-0.05, 0) is 55.9 Å². The molecule has 0 unspecified atom stereocenters. The molecule has 1 aromatic carbocycles. The van der Waals surface area contributed by atoms with E-state index in [1.807, 2.05) is 6.07 Å². The first-order chi connectivity index (χ1) is 9.97. The van der Waals surface area contributed by atoms with E-state index in [4.69, 9.17) is 5.11 Å². The number of carbonyl (C=O) groups is 2. The zero-order valence-electron chi connectivity index (χ0n) is 12.2. The first-order valence-corrected chi connectivity index (χ1v) is 7.39. The molecular weight excluding hydrogens is 268 g/mol. The van der Waals surface area contributed by atoms with E-state index < -0.39 is 5.97 Å². The third-order valence-electron chi connectivity index (χ3n) is 4.62. The molecule has 1 aliphatic carbocycles. The van der Waals surface area contributed by atoms with Crippen LogP contribution < -0.4 is 5.32 Å². The van der Waals surface area contributed by atoms with Crippen LogP contribution in [0.25, 0.3) is 0 Å². The first kappa shape index (κ1) is 13.9. The Morgan fingerprint density at radius 1 is 1.29 bits per heavy atom. The summed E-state index contributed by atoms with van der Waals surface area (Å²) < 4.78 is 0. The molecular formula is C16H20N2O3. The zero-order chi connectivity index (χ0) is 15.0. The Bertz CT molecular complexity index is 593. The molecule has 0 bridgehead atoms. The van der Waals surface area contributed by atoms with E-state index in [0.717, 1.165) is 30.4 Å². The van der Waals surface area contributed by atoms with Crippen molar-refractivity contribution in [2.45, 2.75) is 44.7 Å². The summed E-state index contributed by atoms with van der Waals surface area (Å²) in [4.78, 5) is 25.2. The fourth-order valence-electron chi connectivity index (χ4n) is 3.03. The van der Waals surface area contributed by atoms with Crippen molar-refractivity contribution in [3.05, 3.63) is 34.9 Å². The van der Waals surface area contributed by atoms with Crippen LogP contribution in [0, 0.1) is 0 Å². The molecule has 1 fully saturated rings. The molecule has 112 valence electrons. The van der Waals surface area contributed by atoms with Gasteiger partial charge in [-0.1, -0.05) is 6.07 Å². The molecule has 0 aromatic heterocycles. The quantitative estimate of drug-likeness (QED) is 0.878. The SMILES string of the molecule is CC1(NC(=O)N2CCc3ccc(C(=O)O)cc3C2)CCC1. The number of carboxylic acids is 1. The van der Waals surface area contributed by atoms with Gasteiger partial charge in [0.1, 0.15) is 0 Å². The molecule has 3 rings (SSSR count). The summed E-state index contributed by atoms with van der Waals surface area (Å²) in [7, 11) is 0. The van der Waals surface area contributed by atoms with Crippen molar-refractivity contribution in [2.24, 2.45) is 0 Å². The molecule has 1 aromatic rings. The van der Waals surface area contributed by atoms with E-state index in [9.17, 15) is 9.59 Å². The molecule has 1 heterocycles. The van der Waals surface area contributed by atoms with Gasteiger partial charge in [0, 0.05) is 18.6 Å². The second-order valence-corrected chi connectivity index (χ2v) is 6.30. The Hall–Kier alpha value is -2.04. The van der Waals surface area contributed by atoms with E-state index in [-0.39, 0.29) is 17.1 Å². The number of benzene rings is 1. The van der Waals surface area contributed by atoms with Crippen LogP contribution in [0.5, 0.6) is 0 Å². The molecule has 0 spiro atoms. The third-order valence-corrected chi connectivity index (χ3v) is 4.62. The average Bonchev–Trinajstić information content (AvgIpc) is 2.44. The topological polar surface area (TPSA) is 69.6 Å². The Morgan fingerprint density at radius 2 is 2.05 bits per heavy atom. The summed E-state index contributed by atoms with van der Waals surface area (Å²) in [6.45, 7) is 3.24. The Kier molecular flexibility index (Phi) is 3.35. The number of urea groups is 1. The molecule has 1 saturated carbocycles. The van der Waals surface area contributed by atoms with Crippen LogP contribution in [-0.2, 0) is 13.0 Å². The van der Waals surface area contributed by atoms with E-state index in [1.54, 1.807) is 17.0 Å². The van der Waals surface area contributed by atoms with Gasteiger partial charge in [0.2, 0.25) is 0 Å². The number of hydrogen-bond donors (Lipinski definition) is 2. The highest BCUT2D eigenvalue weighted by Gasteiger charge is 2.35. The lowest BCUT2D eigenvalue weighted by Crippen LogP contribution is -2.55. The van der Waals surface area contributed by atoms with Crippen LogP contribution in [-0.4, -0.2) is 34.1 Å². The van der Waals surface area contributed by atoms with Gasteiger partial charge in [-0.15, -0.1) is 0 Å². The van der Waals surface area contributed by atoms with Crippen molar-refractivity contribution in [3.63, 3.8) is 0 Å². The summed E-state index contributed by atoms with van der Waals surface area (Å²) in [5.41, 5.74) is 2.30. The number of carbonyl (C=O) groups excluding carboxylic acids is 1.